The number of aromatic nitrogens is 1. The van der Waals surface area contributed by atoms with Crippen molar-refractivity contribution in [2.75, 3.05) is 23.5 Å². The zero-order valence-corrected chi connectivity index (χ0v) is 20.0. The second kappa shape index (κ2) is 9.73. The molecule has 0 saturated carbocycles. The lowest BCUT2D eigenvalue weighted by Crippen LogP contribution is -2.54. The summed E-state index contributed by atoms with van der Waals surface area (Å²) in [5.41, 5.74) is 1.82. The first-order valence-corrected chi connectivity index (χ1v) is 11.3. The number of hydrogen-bond donors (Lipinski definition) is 1. The Morgan fingerprint density at radius 3 is 2.44 bits per heavy atom. The van der Waals surface area contributed by atoms with Gasteiger partial charge in [-0.2, -0.15) is 0 Å². The Balaban J connectivity index is 1.75. The second-order valence-electron chi connectivity index (χ2n) is 9.34. The van der Waals surface area contributed by atoms with Crippen LogP contribution in [0.5, 0.6) is 5.75 Å². The summed E-state index contributed by atoms with van der Waals surface area (Å²) in [7, 11) is 1.64. The number of anilines is 2. The van der Waals surface area contributed by atoms with Gasteiger partial charge in [-0.25, -0.2) is 9.78 Å². The minimum absolute atomic E-state index is 0.250. The average molecular weight is 462 g/mol. The highest BCUT2D eigenvalue weighted by Crippen LogP contribution is 2.39. The first-order chi connectivity index (χ1) is 16.3. The van der Waals surface area contributed by atoms with Crippen molar-refractivity contribution < 1.29 is 19.4 Å². The van der Waals surface area contributed by atoms with E-state index in [9.17, 15) is 9.90 Å². The maximum Gasteiger partial charge on any atom is 0.415 e. The average Bonchev–Trinajstić information content (AvgIpc) is 2.83. The number of pyridine rings is 1. The minimum Gasteiger partial charge on any atom is -0.497 e. The van der Waals surface area contributed by atoms with E-state index in [0.29, 0.717) is 18.1 Å². The molecule has 1 N–H and O–H groups in total. The van der Waals surface area contributed by atoms with Gasteiger partial charge in [0.1, 0.15) is 17.5 Å². The standard InChI is InChI=1S/C27H31N3O4/c1-27(2,3)34-26(32)30-18-23(24(31)20-9-6-5-7-10-20)29(25-22(30)11-8-16-28-25)17-19-12-14-21(33-4)15-13-19/h5-16,23-24,31H,17-18H2,1-4H3/t23-,24-/m1/s1. The number of rotatable bonds is 5. The van der Waals surface area contributed by atoms with Crippen molar-refractivity contribution >= 4 is 17.6 Å². The van der Waals surface area contributed by atoms with Gasteiger partial charge in [0, 0.05) is 12.7 Å². The third-order valence-corrected chi connectivity index (χ3v) is 5.73. The molecule has 0 unspecified atom stereocenters. The maximum absolute atomic E-state index is 13.2. The highest BCUT2D eigenvalue weighted by Gasteiger charge is 2.40. The number of benzene rings is 2. The van der Waals surface area contributed by atoms with Crippen molar-refractivity contribution in [3.8, 4) is 5.75 Å². The van der Waals surface area contributed by atoms with Gasteiger partial charge in [-0.15, -0.1) is 0 Å². The van der Waals surface area contributed by atoms with Gasteiger partial charge < -0.3 is 19.5 Å². The van der Waals surface area contributed by atoms with Crippen molar-refractivity contribution in [1.82, 2.24) is 4.98 Å². The Hall–Kier alpha value is -3.58. The molecule has 0 bridgehead atoms. The van der Waals surface area contributed by atoms with Crippen LogP contribution >= 0.6 is 0 Å². The molecule has 7 nitrogen and oxygen atoms in total. The molecule has 34 heavy (non-hydrogen) atoms. The molecule has 7 heteroatoms. The van der Waals surface area contributed by atoms with Crippen molar-refractivity contribution in [1.29, 1.82) is 0 Å². The second-order valence-corrected chi connectivity index (χ2v) is 9.34. The van der Waals surface area contributed by atoms with E-state index >= 15 is 0 Å². The van der Waals surface area contributed by atoms with Crippen molar-refractivity contribution in [3.63, 3.8) is 0 Å². The van der Waals surface area contributed by atoms with E-state index in [2.05, 4.69) is 9.88 Å². The molecular weight excluding hydrogens is 430 g/mol. The third kappa shape index (κ3) is 5.15. The van der Waals surface area contributed by atoms with Crippen LogP contribution in [-0.4, -0.2) is 41.5 Å². The molecular formula is C27H31N3O4. The summed E-state index contributed by atoms with van der Waals surface area (Å²) >= 11 is 0. The molecule has 0 aliphatic carbocycles. The van der Waals surface area contributed by atoms with E-state index in [1.807, 2.05) is 81.4 Å². The molecule has 0 fully saturated rings. The molecule has 0 radical (unpaired) electrons. The van der Waals surface area contributed by atoms with Crippen LogP contribution in [0.3, 0.4) is 0 Å². The molecule has 1 aromatic heterocycles. The van der Waals surface area contributed by atoms with Gasteiger partial charge >= 0.3 is 6.09 Å². The van der Waals surface area contributed by atoms with Gasteiger partial charge in [-0.3, -0.25) is 4.90 Å². The number of ether oxygens (including phenoxy) is 2. The van der Waals surface area contributed by atoms with E-state index in [1.54, 1.807) is 24.3 Å². The number of aliphatic hydroxyl groups is 1. The molecule has 1 aliphatic rings. The molecule has 2 aromatic carbocycles. The minimum atomic E-state index is -0.848. The van der Waals surface area contributed by atoms with Crippen LogP contribution in [0.15, 0.2) is 72.9 Å². The normalized spacial score (nSPS) is 16.6. The number of carbonyl (C=O) groups is 1. The number of methoxy groups -OCH3 is 1. The van der Waals surface area contributed by atoms with Gasteiger partial charge in [-0.05, 0) is 56.2 Å². The van der Waals surface area contributed by atoms with Crippen molar-refractivity contribution in [3.05, 3.63) is 84.1 Å². The van der Waals surface area contributed by atoms with E-state index in [0.717, 1.165) is 16.9 Å². The number of amides is 1. The zero-order valence-electron chi connectivity index (χ0n) is 20.0. The van der Waals surface area contributed by atoms with Gasteiger partial charge in [0.25, 0.3) is 0 Å². The van der Waals surface area contributed by atoms with Crippen LogP contribution in [0.4, 0.5) is 16.3 Å². The summed E-state index contributed by atoms with van der Waals surface area (Å²) in [6.07, 6.45) is 0.389. The molecule has 1 aliphatic heterocycles. The molecule has 2 heterocycles. The van der Waals surface area contributed by atoms with Crippen LogP contribution in [0, 0.1) is 0 Å². The zero-order chi connectivity index (χ0) is 24.3. The fraction of sp³-hybridized carbons (Fsp3) is 0.333. The largest absolute Gasteiger partial charge is 0.497 e. The Morgan fingerprint density at radius 1 is 1.09 bits per heavy atom. The van der Waals surface area contributed by atoms with Gasteiger partial charge in [0.05, 0.1) is 25.4 Å². The fourth-order valence-electron chi connectivity index (χ4n) is 4.11. The highest BCUT2D eigenvalue weighted by atomic mass is 16.6. The third-order valence-electron chi connectivity index (χ3n) is 5.73. The predicted molar refractivity (Wildman–Crippen MR) is 132 cm³/mol. The summed E-state index contributed by atoms with van der Waals surface area (Å²) in [5.74, 6) is 1.40. The predicted octanol–water partition coefficient (Wildman–Crippen LogP) is 4.95. The smallest absolute Gasteiger partial charge is 0.415 e. The molecule has 3 aromatic rings. The first-order valence-electron chi connectivity index (χ1n) is 11.3. The number of fused-ring (bicyclic) bond motifs is 1. The summed E-state index contributed by atoms with van der Waals surface area (Å²) in [5, 5.41) is 11.5. The van der Waals surface area contributed by atoms with Gasteiger partial charge in [0.2, 0.25) is 0 Å². The van der Waals surface area contributed by atoms with Crippen LogP contribution < -0.4 is 14.5 Å². The maximum atomic E-state index is 13.2. The Bertz CT molecular complexity index is 1110. The Kier molecular flexibility index (Phi) is 6.75. The SMILES string of the molecule is COc1ccc(CN2c3ncccc3N(C(=O)OC(C)(C)C)C[C@@H]2[C@H](O)c2ccccc2)cc1. The van der Waals surface area contributed by atoms with Crippen LogP contribution in [0.2, 0.25) is 0 Å². The van der Waals surface area contributed by atoms with Crippen molar-refractivity contribution in [2.24, 2.45) is 0 Å². The monoisotopic (exact) mass is 461 g/mol. The summed E-state index contributed by atoms with van der Waals surface area (Å²) in [4.78, 5) is 21.4. The lowest BCUT2D eigenvalue weighted by Gasteiger charge is -2.44. The Morgan fingerprint density at radius 2 is 1.79 bits per heavy atom. The fourth-order valence-corrected chi connectivity index (χ4v) is 4.11. The van der Waals surface area contributed by atoms with Crippen molar-refractivity contribution in [2.45, 2.75) is 45.1 Å². The number of hydrogen-bond acceptors (Lipinski definition) is 6. The van der Waals surface area contributed by atoms with E-state index in [4.69, 9.17) is 9.47 Å². The number of nitrogens with zero attached hydrogens (tertiary/aromatic N) is 3. The lowest BCUT2D eigenvalue weighted by atomic mass is 9.97. The summed E-state index contributed by atoms with van der Waals surface area (Å²) < 4.78 is 11.0. The number of carbonyl (C=O) groups excluding carboxylic acids is 1. The lowest BCUT2D eigenvalue weighted by molar-refractivity contribution is 0.0562. The molecule has 4 rings (SSSR count). The quantitative estimate of drug-likeness (QED) is 0.579. The Labute approximate surface area is 200 Å². The molecule has 2 atom stereocenters. The summed E-state index contributed by atoms with van der Waals surface area (Å²) in [6, 6.07) is 20.5. The van der Waals surface area contributed by atoms with Crippen LogP contribution in [0.1, 0.15) is 38.0 Å². The van der Waals surface area contributed by atoms with Gasteiger partial charge in [0.15, 0.2) is 5.82 Å². The van der Waals surface area contributed by atoms with Crippen LogP contribution in [-0.2, 0) is 11.3 Å². The van der Waals surface area contributed by atoms with E-state index < -0.39 is 23.8 Å². The topological polar surface area (TPSA) is 75.1 Å². The van der Waals surface area contributed by atoms with E-state index in [-0.39, 0.29) is 6.54 Å². The molecule has 178 valence electrons. The molecule has 0 spiro atoms. The highest BCUT2D eigenvalue weighted by molar-refractivity contribution is 5.93. The first kappa shape index (κ1) is 23.6. The van der Waals surface area contributed by atoms with Gasteiger partial charge in [-0.1, -0.05) is 42.5 Å². The molecule has 1 amide bonds. The number of aliphatic hydroxyl groups excluding tert-OH is 1. The molecule has 0 saturated heterocycles. The van der Waals surface area contributed by atoms with Crippen LogP contribution in [0.25, 0.3) is 0 Å². The summed E-state index contributed by atoms with van der Waals surface area (Å²) in [6.45, 7) is 6.27. The van der Waals surface area contributed by atoms with E-state index in [1.165, 1.54) is 0 Å².